The van der Waals surface area contributed by atoms with Crippen molar-refractivity contribution in [3.8, 4) is 11.4 Å². The topological polar surface area (TPSA) is 62.1 Å². The molecule has 0 radical (unpaired) electrons. The van der Waals surface area contributed by atoms with Crippen LogP contribution in [-0.4, -0.2) is 27.0 Å². The number of ether oxygens (including phenoxy) is 2. The maximum Gasteiger partial charge on any atom is 0.214 e. The lowest BCUT2D eigenvalue weighted by Gasteiger charge is -2.20. The van der Waals surface area contributed by atoms with E-state index in [1.54, 1.807) is 16.4 Å². The minimum atomic E-state index is 0.257. The van der Waals surface area contributed by atoms with Crippen LogP contribution in [0.1, 0.15) is 22.3 Å². The van der Waals surface area contributed by atoms with Crippen molar-refractivity contribution in [2.75, 3.05) is 6.79 Å². The highest BCUT2D eigenvalue weighted by atomic mass is 35.5. The van der Waals surface area contributed by atoms with Crippen LogP contribution in [0.4, 0.5) is 0 Å². The lowest BCUT2D eigenvalue weighted by atomic mass is 10.1. The smallest absolute Gasteiger partial charge is 0.214 e. The highest BCUT2D eigenvalue weighted by molar-refractivity contribution is 7.98. The first-order valence-corrected chi connectivity index (χ1v) is 9.49. The largest absolute Gasteiger partial charge is 0.467 e. The van der Waals surface area contributed by atoms with Gasteiger partial charge >= 0.3 is 0 Å². The zero-order valence-electron chi connectivity index (χ0n) is 14.4. The molecule has 2 aromatic carbocycles. The van der Waals surface area contributed by atoms with Crippen LogP contribution >= 0.6 is 23.4 Å². The first kappa shape index (κ1) is 17.3. The van der Waals surface area contributed by atoms with E-state index in [0.717, 1.165) is 22.6 Å². The number of aromatic nitrogens is 4. The predicted octanol–water partition coefficient (Wildman–Crippen LogP) is 4.09. The number of halogens is 1. The average Bonchev–Trinajstić information content (AvgIpc) is 3.10. The first-order chi connectivity index (χ1) is 12.6. The Morgan fingerprint density at radius 3 is 2.92 bits per heavy atom. The molecular formula is C18H17ClN4O2S. The molecule has 2 heterocycles. The molecule has 0 saturated carbocycles. The van der Waals surface area contributed by atoms with Crippen molar-refractivity contribution in [3.63, 3.8) is 0 Å². The van der Waals surface area contributed by atoms with Crippen LogP contribution in [0.15, 0.2) is 35.5 Å². The van der Waals surface area contributed by atoms with E-state index in [0.29, 0.717) is 22.5 Å². The number of thioether (sulfide) groups is 1. The lowest BCUT2D eigenvalue weighted by molar-refractivity contribution is -0.0168. The molecule has 0 atom stereocenters. The van der Waals surface area contributed by atoms with E-state index in [4.69, 9.17) is 21.1 Å². The third-order valence-electron chi connectivity index (χ3n) is 4.28. The second kappa shape index (κ2) is 7.26. The summed E-state index contributed by atoms with van der Waals surface area (Å²) in [6.45, 7) is 4.93. The molecular weight excluding hydrogens is 372 g/mol. The van der Waals surface area contributed by atoms with Gasteiger partial charge in [0.25, 0.3) is 0 Å². The number of hydrogen-bond acceptors (Lipinski definition) is 6. The van der Waals surface area contributed by atoms with E-state index >= 15 is 0 Å². The Morgan fingerprint density at radius 2 is 2.08 bits per heavy atom. The molecule has 0 spiro atoms. The Bertz CT molecular complexity index is 960. The SMILES string of the molecule is Cc1ccc(-n2nnnc2SCc2cc(Cl)cc3c2OCOC3)cc1C. The summed E-state index contributed by atoms with van der Waals surface area (Å²) in [6, 6.07) is 9.97. The van der Waals surface area contributed by atoms with Crippen LogP contribution in [0.2, 0.25) is 5.02 Å². The van der Waals surface area contributed by atoms with E-state index < -0.39 is 0 Å². The van der Waals surface area contributed by atoms with E-state index in [2.05, 4.69) is 41.5 Å². The summed E-state index contributed by atoms with van der Waals surface area (Å²) in [7, 11) is 0. The van der Waals surface area contributed by atoms with Gasteiger partial charge in [0.2, 0.25) is 5.16 Å². The molecule has 0 saturated heterocycles. The van der Waals surface area contributed by atoms with Crippen LogP contribution in [-0.2, 0) is 17.1 Å². The third-order valence-corrected chi connectivity index (χ3v) is 5.47. The molecule has 26 heavy (non-hydrogen) atoms. The van der Waals surface area contributed by atoms with Gasteiger partial charge in [0, 0.05) is 21.9 Å². The second-order valence-electron chi connectivity index (χ2n) is 6.09. The number of fused-ring (bicyclic) bond motifs is 1. The molecule has 0 fully saturated rings. The standard InChI is InChI=1S/C18H17ClN4O2S/c1-11-3-4-16(5-12(11)2)23-18(20-21-22-23)26-9-14-7-15(19)6-13-8-24-10-25-17(13)14/h3-7H,8-10H2,1-2H3. The minimum Gasteiger partial charge on any atom is -0.467 e. The van der Waals surface area contributed by atoms with Crippen molar-refractivity contribution in [1.29, 1.82) is 0 Å². The van der Waals surface area contributed by atoms with Gasteiger partial charge in [0.15, 0.2) is 6.79 Å². The Kier molecular flexibility index (Phi) is 4.84. The van der Waals surface area contributed by atoms with E-state index in [-0.39, 0.29) is 6.79 Å². The molecule has 0 N–H and O–H groups in total. The van der Waals surface area contributed by atoms with Gasteiger partial charge in [-0.05, 0) is 59.7 Å². The number of nitrogens with zero attached hydrogens (tertiary/aromatic N) is 4. The number of rotatable bonds is 4. The summed E-state index contributed by atoms with van der Waals surface area (Å²) < 4.78 is 12.7. The van der Waals surface area contributed by atoms with Crippen molar-refractivity contribution in [3.05, 3.63) is 57.6 Å². The quantitative estimate of drug-likeness (QED) is 0.627. The molecule has 4 rings (SSSR count). The maximum atomic E-state index is 6.24. The molecule has 134 valence electrons. The Labute approximate surface area is 160 Å². The first-order valence-electron chi connectivity index (χ1n) is 8.12. The molecule has 6 nitrogen and oxygen atoms in total. The summed E-state index contributed by atoms with van der Waals surface area (Å²) >= 11 is 7.78. The van der Waals surface area contributed by atoms with Gasteiger partial charge in [-0.3, -0.25) is 0 Å². The second-order valence-corrected chi connectivity index (χ2v) is 7.47. The van der Waals surface area contributed by atoms with Crippen molar-refractivity contribution in [2.24, 2.45) is 0 Å². The van der Waals surface area contributed by atoms with Crippen molar-refractivity contribution < 1.29 is 9.47 Å². The third kappa shape index (κ3) is 3.42. The number of benzene rings is 2. The van der Waals surface area contributed by atoms with Gasteiger partial charge < -0.3 is 9.47 Å². The lowest BCUT2D eigenvalue weighted by Crippen LogP contribution is -2.13. The van der Waals surface area contributed by atoms with Crippen molar-refractivity contribution >= 4 is 23.4 Å². The minimum absolute atomic E-state index is 0.257. The molecule has 0 amide bonds. The molecule has 0 aliphatic carbocycles. The molecule has 1 aliphatic rings. The predicted molar refractivity (Wildman–Crippen MR) is 99.9 cm³/mol. The van der Waals surface area contributed by atoms with Crippen LogP contribution in [0.5, 0.6) is 5.75 Å². The summed E-state index contributed by atoms with van der Waals surface area (Å²) in [4.78, 5) is 0. The van der Waals surface area contributed by atoms with Gasteiger partial charge in [-0.2, -0.15) is 4.68 Å². The number of hydrogen-bond donors (Lipinski definition) is 0. The van der Waals surface area contributed by atoms with Crippen molar-refractivity contribution in [2.45, 2.75) is 31.4 Å². The van der Waals surface area contributed by atoms with Crippen LogP contribution in [0, 0.1) is 13.8 Å². The van der Waals surface area contributed by atoms with E-state index in [9.17, 15) is 0 Å². The Morgan fingerprint density at radius 1 is 1.19 bits per heavy atom. The van der Waals surface area contributed by atoms with Crippen molar-refractivity contribution in [1.82, 2.24) is 20.2 Å². The van der Waals surface area contributed by atoms with Gasteiger partial charge in [-0.1, -0.05) is 29.4 Å². The van der Waals surface area contributed by atoms with Crippen LogP contribution in [0.3, 0.4) is 0 Å². The highest BCUT2D eigenvalue weighted by Gasteiger charge is 2.18. The fraction of sp³-hybridized carbons (Fsp3) is 0.278. The van der Waals surface area contributed by atoms with Crippen LogP contribution in [0.25, 0.3) is 5.69 Å². The maximum absolute atomic E-state index is 6.24. The van der Waals surface area contributed by atoms with Crippen LogP contribution < -0.4 is 4.74 Å². The van der Waals surface area contributed by atoms with Gasteiger partial charge in [-0.15, -0.1) is 5.10 Å². The summed E-state index contributed by atoms with van der Waals surface area (Å²) in [5.41, 5.74) is 5.36. The molecule has 0 unspecified atom stereocenters. The van der Waals surface area contributed by atoms with Gasteiger partial charge in [0.1, 0.15) is 5.75 Å². The summed E-state index contributed by atoms with van der Waals surface area (Å²) in [6.07, 6.45) is 0. The highest BCUT2D eigenvalue weighted by Crippen LogP contribution is 2.35. The Balaban J connectivity index is 1.59. The van der Waals surface area contributed by atoms with Gasteiger partial charge in [0.05, 0.1) is 12.3 Å². The van der Waals surface area contributed by atoms with Gasteiger partial charge in [-0.25, -0.2) is 0 Å². The van der Waals surface area contributed by atoms with E-state index in [1.807, 2.05) is 18.2 Å². The fourth-order valence-corrected chi connectivity index (χ4v) is 3.92. The summed E-state index contributed by atoms with van der Waals surface area (Å²) in [5.74, 6) is 1.49. The summed E-state index contributed by atoms with van der Waals surface area (Å²) in [5, 5.41) is 13.5. The monoisotopic (exact) mass is 388 g/mol. The average molecular weight is 389 g/mol. The molecule has 3 aromatic rings. The fourth-order valence-electron chi connectivity index (χ4n) is 2.79. The molecule has 0 bridgehead atoms. The number of aryl methyl sites for hydroxylation is 2. The zero-order chi connectivity index (χ0) is 18.1. The normalized spacial score (nSPS) is 13.3. The number of tetrazole rings is 1. The zero-order valence-corrected chi connectivity index (χ0v) is 16.0. The molecule has 1 aliphatic heterocycles. The molecule has 1 aromatic heterocycles. The molecule has 8 heteroatoms. The van der Waals surface area contributed by atoms with E-state index in [1.165, 1.54) is 11.1 Å². The Hall–Kier alpha value is -2.09.